The van der Waals surface area contributed by atoms with Crippen molar-refractivity contribution < 1.29 is 9.53 Å². The minimum absolute atomic E-state index is 0.383. The number of ether oxygens (including phenoxy) is 1. The lowest BCUT2D eigenvalue weighted by molar-refractivity contribution is -0.157. The molecule has 3 heteroatoms. The average Bonchev–Trinajstić information content (AvgIpc) is 1.56. The second kappa shape index (κ2) is 3.02. The van der Waals surface area contributed by atoms with Gasteiger partial charge in [0.15, 0.2) is 0 Å². The minimum Gasteiger partial charge on any atom is -0.459 e. The minimum atomic E-state index is -0.923. The van der Waals surface area contributed by atoms with Crippen LogP contribution in [0.15, 0.2) is 0 Å². The molecule has 0 heterocycles. The van der Waals surface area contributed by atoms with E-state index in [1.165, 1.54) is 0 Å². The van der Waals surface area contributed by atoms with Crippen LogP contribution < -0.4 is 0 Å². The Morgan fingerprint density at radius 3 is 1.64 bits per heavy atom. The van der Waals surface area contributed by atoms with Gasteiger partial charge in [-0.3, -0.25) is 4.79 Å². The number of alkyl halides is 1. The third-order valence-electron chi connectivity index (χ3n) is 0.884. The summed E-state index contributed by atoms with van der Waals surface area (Å²) in [5.74, 6) is -0.383. The van der Waals surface area contributed by atoms with Crippen molar-refractivity contribution in [1.82, 2.24) is 0 Å². The van der Waals surface area contributed by atoms with Crippen molar-refractivity contribution in [2.45, 2.75) is 45.1 Å². The maximum absolute atomic E-state index is 11.1. The van der Waals surface area contributed by atoms with E-state index in [2.05, 4.69) is 0 Å². The van der Waals surface area contributed by atoms with Gasteiger partial charge >= 0.3 is 5.97 Å². The van der Waals surface area contributed by atoms with Gasteiger partial charge in [-0.15, -0.1) is 11.6 Å². The summed E-state index contributed by atoms with van der Waals surface area (Å²) in [5, 5.41) is 0. The summed E-state index contributed by atoms with van der Waals surface area (Å²) in [7, 11) is 0. The zero-order chi connectivity index (χ0) is 9.28. The molecule has 11 heavy (non-hydrogen) atoms. The molecule has 66 valence electrons. The normalized spacial score (nSPS) is 12.9. The molecule has 0 atom stereocenters. The zero-order valence-electron chi connectivity index (χ0n) is 7.69. The first-order valence-electron chi connectivity index (χ1n) is 3.55. The molecule has 0 aromatic carbocycles. The predicted molar refractivity (Wildman–Crippen MR) is 45.8 cm³/mol. The summed E-state index contributed by atoms with van der Waals surface area (Å²) in [4.78, 5) is 10.2. The van der Waals surface area contributed by atoms with E-state index in [1.807, 2.05) is 20.8 Å². The second-order valence-electron chi connectivity index (χ2n) is 3.97. The van der Waals surface area contributed by atoms with Gasteiger partial charge in [-0.05, 0) is 34.6 Å². The highest BCUT2D eigenvalue weighted by atomic mass is 35.5. The van der Waals surface area contributed by atoms with Crippen LogP contribution in [0.4, 0.5) is 0 Å². The molecule has 2 nitrogen and oxygen atoms in total. The Bertz CT molecular complexity index is 150. The van der Waals surface area contributed by atoms with Crippen LogP contribution in [-0.4, -0.2) is 16.4 Å². The predicted octanol–water partition coefficient (Wildman–Crippen LogP) is 2.35. The lowest BCUT2D eigenvalue weighted by Crippen LogP contribution is -2.34. The van der Waals surface area contributed by atoms with Gasteiger partial charge in [0.2, 0.25) is 0 Å². The van der Waals surface area contributed by atoms with Gasteiger partial charge in [-0.25, -0.2) is 0 Å². The summed E-state index contributed by atoms with van der Waals surface area (Å²) < 4.78 is 5.03. The number of hydrogen-bond donors (Lipinski definition) is 0. The molecule has 0 amide bonds. The Morgan fingerprint density at radius 2 is 1.55 bits per heavy atom. The molecule has 0 N–H and O–H groups in total. The van der Waals surface area contributed by atoms with Gasteiger partial charge in [0, 0.05) is 0 Å². The fourth-order valence-electron chi connectivity index (χ4n) is 0.399. The molecular formula is C8H15ClO2. The van der Waals surface area contributed by atoms with Gasteiger partial charge in [0.05, 0.1) is 0 Å². The van der Waals surface area contributed by atoms with E-state index in [1.54, 1.807) is 13.8 Å². The van der Waals surface area contributed by atoms with E-state index in [0.29, 0.717) is 0 Å². The molecule has 0 saturated carbocycles. The number of carbonyl (C=O) groups is 1. The number of hydrogen-bond acceptors (Lipinski definition) is 2. The summed E-state index contributed by atoms with van der Waals surface area (Å²) in [6.07, 6.45) is 0. The van der Waals surface area contributed by atoms with Gasteiger partial charge in [-0.1, -0.05) is 0 Å². The van der Waals surface area contributed by atoms with Crippen molar-refractivity contribution in [3.63, 3.8) is 0 Å². The van der Waals surface area contributed by atoms with E-state index in [9.17, 15) is 4.79 Å². The molecule has 0 fully saturated rings. The van der Waals surface area contributed by atoms with Gasteiger partial charge in [-0.2, -0.15) is 0 Å². The smallest absolute Gasteiger partial charge is 0.327 e. The Labute approximate surface area is 72.9 Å². The maximum atomic E-state index is 11.1. The summed E-state index contributed by atoms with van der Waals surface area (Å²) in [6.45, 7) is 8.67. The van der Waals surface area contributed by atoms with Crippen molar-refractivity contribution in [2.75, 3.05) is 0 Å². The highest BCUT2D eigenvalue weighted by Crippen LogP contribution is 2.18. The van der Waals surface area contributed by atoms with E-state index in [-0.39, 0.29) is 5.97 Å². The van der Waals surface area contributed by atoms with Gasteiger partial charge in [0.25, 0.3) is 0 Å². The molecule has 0 bridgehead atoms. The first-order chi connectivity index (χ1) is 4.63. The van der Waals surface area contributed by atoms with Crippen LogP contribution in [0.5, 0.6) is 0 Å². The first kappa shape index (κ1) is 10.8. The number of rotatable bonds is 1. The van der Waals surface area contributed by atoms with E-state index in [0.717, 1.165) is 0 Å². The highest BCUT2D eigenvalue weighted by molar-refractivity contribution is 6.33. The van der Waals surface area contributed by atoms with Crippen LogP contribution in [0.2, 0.25) is 0 Å². The van der Waals surface area contributed by atoms with E-state index >= 15 is 0 Å². The maximum Gasteiger partial charge on any atom is 0.327 e. The average molecular weight is 179 g/mol. The lowest BCUT2D eigenvalue weighted by atomic mass is 10.1. The number of esters is 1. The fourth-order valence-corrected chi connectivity index (χ4v) is 0.438. The molecule has 0 unspecified atom stereocenters. The van der Waals surface area contributed by atoms with Crippen molar-refractivity contribution in [1.29, 1.82) is 0 Å². The van der Waals surface area contributed by atoms with E-state index in [4.69, 9.17) is 16.3 Å². The molecule has 0 radical (unpaired) electrons. The number of carbonyl (C=O) groups excluding carboxylic acids is 1. The molecule has 0 aromatic rings. The Balaban J connectivity index is 4.11. The molecular weight excluding hydrogens is 164 g/mol. The summed E-state index contributed by atoms with van der Waals surface area (Å²) in [6, 6.07) is 0. The highest BCUT2D eigenvalue weighted by Gasteiger charge is 2.29. The van der Waals surface area contributed by atoms with Crippen LogP contribution in [0.25, 0.3) is 0 Å². The molecule has 0 aliphatic heterocycles. The molecule has 0 rings (SSSR count). The number of halogens is 1. The van der Waals surface area contributed by atoms with Crippen LogP contribution in [0.3, 0.4) is 0 Å². The molecule has 0 saturated heterocycles. The van der Waals surface area contributed by atoms with Crippen LogP contribution in [0, 0.1) is 0 Å². The first-order valence-corrected chi connectivity index (χ1v) is 3.93. The van der Waals surface area contributed by atoms with Crippen LogP contribution in [-0.2, 0) is 9.53 Å². The lowest BCUT2D eigenvalue weighted by Gasteiger charge is -2.24. The van der Waals surface area contributed by atoms with Gasteiger partial charge < -0.3 is 4.74 Å². The SMILES string of the molecule is CC(C)(C)OC(=O)C(C)(C)Cl. The molecule has 0 aliphatic rings. The van der Waals surface area contributed by atoms with Crippen LogP contribution >= 0.6 is 11.6 Å². The van der Waals surface area contributed by atoms with Crippen molar-refractivity contribution in [3.8, 4) is 0 Å². The topological polar surface area (TPSA) is 26.3 Å². The molecule has 0 spiro atoms. The monoisotopic (exact) mass is 178 g/mol. The summed E-state index contributed by atoms with van der Waals surface area (Å²) >= 11 is 5.72. The van der Waals surface area contributed by atoms with Crippen LogP contribution in [0.1, 0.15) is 34.6 Å². The Morgan fingerprint density at radius 1 is 1.18 bits per heavy atom. The zero-order valence-corrected chi connectivity index (χ0v) is 8.45. The quantitative estimate of drug-likeness (QED) is 0.455. The van der Waals surface area contributed by atoms with E-state index < -0.39 is 10.5 Å². The van der Waals surface area contributed by atoms with Gasteiger partial charge in [0.1, 0.15) is 10.5 Å². The molecule has 0 aliphatic carbocycles. The fraction of sp³-hybridized carbons (Fsp3) is 0.875. The standard InChI is InChI=1S/C8H15ClO2/c1-7(2,3)11-6(10)8(4,5)9/h1-5H3. The van der Waals surface area contributed by atoms with Crippen molar-refractivity contribution >= 4 is 17.6 Å². The third kappa shape index (κ3) is 5.08. The second-order valence-corrected chi connectivity index (χ2v) is 4.92. The molecule has 0 aromatic heterocycles. The van der Waals surface area contributed by atoms with Crippen molar-refractivity contribution in [3.05, 3.63) is 0 Å². The Hall–Kier alpha value is -0.240. The Kier molecular flexibility index (Phi) is 2.95. The van der Waals surface area contributed by atoms with Crippen molar-refractivity contribution in [2.24, 2.45) is 0 Å². The largest absolute Gasteiger partial charge is 0.459 e. The third-order valence-corrected chi connectivity index (χ3v) is 1.04. The summed E-state index contributed by atoms with van der Waals surface area (Å²) in [5.41, 5.74) is -0.455.